The summed E-state index contributed by atoms with van der Waals surface area (Å²) in [6, 6.07) is 5.32. The average Bonchev–Trinajstić information content (AvgIpc) is 3.42. The smallest absolute Gasteiger partial charge is 0.341 e. The summed E-state index contributed by atoms with van der Waals surface area (Å²) in [6.45, 7) is 0. The molecule has 32 heavy (non-hydrogen) atoms. The molecule has 5 N–H and O–H groups in total. The van der Waals surface area contributed by atoms with Gasteiger partial charge in [-0.1, -0.05) is 11.8 Å². The van der Waals surface area contributed by atoms with Crippen LogP contribution < -0.4 is 16.8 Å². The highest BCUT2D eigenvalue weighted by Gasteiger charge is 2.38. The number of anilines is 1. The highest BCUT2D eigenvalue weighted by Crippen LogP contribution is 2.41. The van der Waals surface area contributed by atoms with Crippen molar-refractivity contribution < 1.29 is 23.5 Å². The van der Waals surface area contributed by atoms with Gasteiger partial charge >= 0.3 is 5.97 Å². The van der Waals surface area contributed by atoms with Gasteiger partial charge in [0.25, 0.3) is 5.91 Å². The number of rotatable bonds is 5. The van der Waals surface area contributed by atoms with Crippen LogP contribution in [0, 0.1) is 5.82 Å². The fraction of sp³-hybridized carbons (Fsp3) is 0.238. The molecule has 0 radical (unpaired) electrons. The minimum atomic E-state index is -0.973. The van der Waals surface area contributed by atoms with Crippen molar-refractivity contribution in [2.75, 3.05) is 12.4 Å². The van der Waals surface area contributed by atoms with Crippen LogP contribution in [-0.2, 0) is 27.2 Å². The number of thiophene rings is 1. The van der Waals surface area contributed by atoms with Crippen LogP contribution in [0.25, 0.3) is 0 Å². The number of benzene rings is 1. The van der Waals surface area contributed by atoms with Crippen molar-refractivity contribution in [2.24, 2.45) is 16.5 Å². The third kappa shape index (κ3) is 4.00. The van der Waals surface area contributed by atoms with E-state index < -0.39 is 28.9 Å². The molecule has 0 saturated carbocycles. The number of carbonyl (C=O) groups excluding carboxylic acids is 3. The molecule has 0 bridgehead atoms. The van der Waals surface area contributed by atoms with Gasteiger partial charge in [0.2, 0.25) is 5.91 Å². The predicted molar refractivity (Wildman–Crippen MR) is 122 cm³/mol. The van der Waals surface area contributed by atoms with Gasteiger partial charge < -0.3 is 21.5 Å². The Kier molecular flexibility index (Phi) is 6.02. The highest BCUT2D eigenvalue weighted by molar-refractivity contribution is 8.16. The summed E-state index contributed by atoms with van der Waals surface area (Å²) in [5.74, 6) is -2.28. The quantitative estimate of drug-likeness (QED) is 0.570. The van der Waals surface area contributed by atoms with E-state index in [-0.39, 0.29) is 16.3 Å². The van der Waals surface area contributed by atoms with Crippen LogP contribution in [0.15, 0.2) is 40.5 Å². The van der Waals surface area contributed by atoms with E-state index in [1.54, 1.807) is 0 Å². The van der Waals surface area contributed by atoms with Gasteiger partial charge in [-0.15, -0.1) is 11.3 Å². The van der Waals surface area contributed by atoms with E-state index in [1.807, 2.05) is 0 Å². The van der Waals surface area contributed by atoms with Crippen LogP contribution in [0.4, 0.5) is 15.1 Å². The summed E-state index contributed by atoms with van der Waals surface area (Å²) >= 11 is 2.30. The lowest BCUT2D eigenvalue weighted by Gasteiger charge is -2.12. The monoisotopic (exact) mass is 474 g/mol. The fourth-order valence-electron chi connectivity index (χ4n) is 3.63. The van der Waals surface area contributed by atoms with Crippen LogP contribution in [0.1, 0.15) is 27.2 Å². The van der Waals surface area contributed by atoms with Crippen molar-refractivity contribution in [3.8, 4) is 0 Å². The molecular formula is C21H19FN4O4S2. The van der Waals surface area contributed by atoms with Crippen LogP contribution >= 0.6 is 23.1 Å². The Morgan fingerprint density at radius 1 is 1.22 bits per heavy atom. The number of ether oxygens (including phenoxy) is 1. The number of halogens is 1. The molecule has 2 aromatic rings. The van der Waals surface area contributed by atoms with Gasteiger partial charge in [-0.2, -0.15) is 0 Å². The van der Waals surface area contributed by atoms with Crippen LogP contribution in [0.5, 0.6) is 0 Å². The van der Waals surface area contributed by atoms with Gasteiger partial charge in [-0.3, -0.25) is 9.59 Å². The zero-order valence-electron chi connectivity index (χ0n) is 16.9. The number of carbonyl (C=O) groups is 3. The van der Waals surface area contributed by atoms with Crippen molar-refractivity contribution in [1.29, 1.82) is 0 Å². The Morgan fingerprint density at radius 2 is 1.94 bits per heavy atom. The molecule has 0 spiro atoms. The summed E-state index contributed by atoms with van der Waals surface area (Å²) in [7, 11) is 1.29. The zero-order chi connectivity index (χ0) is 23.0. The molecule has 1 unspecified atom stereocenters. The molecule has 2 heterocycles. The van der Waals surface area contributed by atoms with Crippen LogP contribution in [0.3, 0.4) is 0 Å². The Labute approximate surface area is 190 Å². The van der Waals surface area contributed by atoms with Gasteiger partial charge in [0.05, 0.1) is 23.9 Å². The second-order valence-corrected chi connectivity index (χ2v) is 9.33. The van der Waals surface area contributed by atoms with Gasteiger partial charge in [-0.05, 0) is 49.1 Å². The number of thioether (sulfide) groups is 1. The Bertz CT molecular complexity index is 1190. The number of methoxy groups -OCH3 is 1. The molecule has 1 atom stereocenters. The number of hydrogen-bond acceptors (Lipinski definition) is 8. The maximum absolute atomic E-state index is 13.2. The summed E-state index contributed by atoms with van der Waals surface area (Å²) in [5, 5.41) is 2.36. The molecule has 4 rings (SSSR count). The van der Waals surface area contributed by atoms with Gasteiger partial charge in [0.1, 0.15) is 21.1 Å². The number of primary amides is 1. The average molecular weight is 475 g/mol. The van der Waals surface area contributed by atoms with Gasteiger partial charge in [0, 0.05) is 10.6 Å². The molecule has 1 aliphatic carbocycles. The summed E-state index contributed by atoms with van der Waals surface area (Å²) in [4.78, 5) is 42.8. The second-order valence-electron chi connectivity index (χ2n) is 7.13. The summed E-state index contributed by atoms with van der Waals surface area (Å²) < 4.78 is 18.1. The highest BCUT2D eigenvalue weighted by atomic mass is 32.2. The maximum atomic E-state index is 13.2. The summed E-state index contributed by atoms with van der Waals surface area (Å²) in [5.41, 5.74) is 13.2. The first-order valence-electron chi connectivity index (χ1n) is 9.64. The molecule has 1 aliphatic heterocycles. The molecule has 11 heteroatoms. The Morgan fingerprint density at radius 3 is 2.59 bits per heavy atom. The fourth-order valence-corrected chi connectivity index (χ4v) is 6.04. The lowest BCUT2D eigenvalue weighted by Crippen LogP contribution is -2.30. The minimum Gasteiger partial charge on any atom is -0.465 e. The first-order valence-corrected chi connectivity index (χ1v) is 11.3. The van der Waals surface area contributed by atoms with Crippen molar-refractivity contribution in [1.82, 2.24) is 0 Å². The molecule has 8 nitrogen and oxygen atoms in total. The van der Waals surface area contributed by atoms with E-state index in [4.69, 9.17) is 16.2 Å². The molecule has 0 fully saturated rings. The van der Waals surface area contributed by atoms with Crippen molar-refractivity contribution in [3.05, 3.63) is 57.4 Å². The first-order chi connectivity index (χ1) is 15.3. The Balaban J connectivity index is 1.63. The van der Waals surface area contributed by atoms with Crippen molar-refractivity contribution in [2.45, 2.75) is 24.5 Å². The second kappa shape index (κ2) is 8.75. The van der Waals surface area contributed by atoms with E-state index >= 15 is 0 Å². The number of hydrogen-bond donors (Lipinski definition) is 3. The Hall–Kier alpha value is -3.18. The molecule has 1 aromatic carbocycles. The largest absolute Gasteiger partial charge is 0.465 e. The minimum absolute atomic E-state index is 0.0235. The third-order valence-electron chi connectivity index (χ3n) is 5.10. The lowest BCUT2D eigenvalue weighted by atomic mass is 10.1. The topological polar surface area (TPSA) is 137 Å². The number of amides is 2. The van der Waals surface area contributed by atoms with E-state index in [1.165, 1.54) is 42.7 Å². The number of nitrogens with two attached hydrogens (primary N) is 2. The number of aryl methyl sites for hydroxylation is 1. The lowest BCUT2D eigenvalue weighted by molar-refractivity contribution is -0.115. The molecule has 1 aromatic heterocycles. The third-order valence-corrected chi connectivity index (χ3v) is 7.53. The number of nitrogens with zero attached hydrogens (tertiary/aromatic N) is 1. The molecule has 0 saturated heterocycles. The van der Waals surface area contributed by atoms with Crippen LogP contribution in [-0.4, -0.2) is 35.2 Å². The molecule has 166 valence electrons. The number of fused-ring (bicyclic) bond motifs is 1. The predicted octanol–water partition coefficient (Wildman–Crippen LogP) is 2.64. The van der Waals surface area contributed by atoms with E-state index in [0.717, 1.165) is 41.5 Å². The molecular weight excluding hydrogens is 455 g/mol. The van der Waals surface area contributed by atoms with Crippen molar-refractivity contribution >= 4 is 56.6 Å². The van der Waals surface area contributed by atoms with Crippen molar-refractivity contribution in [3.63, 3.8) is 0 Å². The molecule has 2 aliphatic rings. The van der Waals surface area contributed by atoms with Gasteiger partial charge in [-0.25, -0.2) is 14.2 Å². The maximum Gasteiger partial charge on any atom is 0.341 e. The first kappa shape index (κ1) is 22.0. The number of aliphatic imine (C=N–C) groups is 1. The van der Waals surface area contributed by atoms with Crippen LogP contribution in [0.2, 0.25) is 0 Å². The SMILES string of the molecule is COC(=O)c1c(NC(=O)C2SC(=Nc3ccc(F)cc3)C(C(N)=O)=C2N)sc2c1CCC2. The zero-order valence-corrected chi connectivity index (χ0v) is 18.6. The number of esters is 1. The number of nitrogens with one attached hydrogen (secondary N) is 1. The van der Waals surface area contributed by atoms with E-state index in [9.17, 15) is 18.8 Å². The van der Waals surface area contributed by atoms with E-state index in [2.05, 4.69) is 10.3 Å². The van der Waals surface area contributed by atoms with E-state index in [0.29, 0.717) is 16.3 Å². The summed E-state index contributed by atoms with van der Waals surface area (Å²) in [6.07, 6.45) is 2.52. The molecule has 2 amide bonds. The van der Waals surface area contributed by atoms with Gasteiger partial charge in [0.15, 0.2) is 0 Å². The normalized spacial score (nSPS) is 18.7. The standard InChI is InChI=1S/C21H19FN4O4S2/c1-30-21(29)13-11-3-2-4-12(11)31-19(13)26-18(28)16-15(23)14(17(24)27)20(32-16)25-10-7-5-9(22)6-8-10/h5-8,16H,2-4,23H2,1H3,(H2,24,27)(H,26,28).